The number of hydrogen-bond donors (Lipinski definition) is 0. The molecule has 3 aromatic rings. The van der Waals surface area contributed by atoms with Crippen LogP contribution in [0, 0.1) is 0 Å². The third kappa shape index (κ3) is 2.24. The fourth-order valence-electron chi connectivity index (χ4n) is 3.54. The lowest BCUT2D eigenvalue weighted by Crippen LogP contribution is -2.37. The number of carbonyl (C=O) groups excluding carboxylic acids is 2. The molecule has 5 rings (SSSR count). The van der Waals surface area contributed by atoms with E-state index < -0.39 is 0 Å². The highest BCUT2D eigenvalue weighted by Gasteiger charge is 2.29. The molecule has 128 valence electrons. The first-order valence-corrected chi connectivity index (χ1v) is 8.48. The molecule has 2 aliphatic heterocycles. The molecule has 0 fully saturated rings. The molecular formula is C21H15NO4. The predicted molar refractivity (Wildman–Crippen MR) is 97.1 cm³/mol. The number of ketones is 1. The number of Topliss-reactive ketones (excluding diaryl/α,β-unsaturated/α-hetero) is 1. The summed E-state index contributed by atoms with van der Waals surface area (Å²) in [6.07, 6.45) is 0.321. The van der Waals surface area contributed by atoms with Crippen molar-refractivity contribution < 1.29 is 19.1 Å². The summed E-state index contributed by atoms with van der Waals surface area (Å²) in [4.78, 5) is 27.2. The van der Waals surface area contributed by atoms with E-state index in [4.69, 9.17) is 9.47 Å². The minimum absolute atomic E-state index is 0.0699. The molecule has 0 aliphatic carbocycles. The number of hydrogen-bond acceptors (Lipinski definition) is 4. The Morgan fingerprint density at radius 3 is 2.54 bits per heavy atom. The number of amides is 1. The molecule has 0 atom stereocenters. The third-order valence-corrected chi connectivity index (χ3v) is 4.88. The number of nitrogens with zero attached hydrogens (tertiary/aromatic N) is 1. The lowest BCUT2D eigenvalue weighted by molar-refractivity contribution is 0.0955. The molecule has 5 heteroatoms. The predicted octanol–water partition coefficient (Wildman–Crippen LogP) is 3.80. The van der Waals surface area contributed by atoms with Gasteiger partial charge in [0.1, 0.15) is 0 Å². The van der Waals surface area contributed by atoms with Crippen molar-refractivity contribution in [3.8, 4) is 11.5 Å². The minimum atomic E-state index is -0.146. The molecule has 0 radical (unpaired) electrons. The van der Waals surface area contributed by atoms with Gasteiger partial charge in [-0.05, 0) is 41.1 Å². The number of anilines is 1. The van der Waals surface area contributed by atoms with Crippen LogP contribution in [-0.2, 0) is 0 Å². The largest absolute Gasteiger partial charge is 0.454 e. The number of rotatable bonds is 1. The van der Waals surface area contributed by atoms with Gasteiger partial charge in [0.15, 0.2) is 17.3 Å². The summed E-state index contributed by atoms with van der Waals surface area (Å²) >= 11 is 0. The van der Waals surface area contributed by atoms with Crippen molar-refractivity contribution in [3.05, 3.63) is 65.7 Å². The highest BCUT2D eigenvalue weighted by molar-refractivity contribution is 6.15. The normalized spacial score (nSPS) is 15.2. The van der Waals surface area contributed by atoms with Crippen LogP contribution < -0.4 is 14.4 Å². The van der Waals surface area contributed by atoms with Crippen molar-refractivity contribution in [3.63, 3.8) is 0 Å². The summed E-state index contributed by atoms with van der Waals surface area (Å²) in [6.45, 7) is 0.539. The Bertz CT molecular complexity index is 1070. The molecule has 0 saturated heterocycles. The Labute approximate surface area is 149 Å². The minimum Gasteiger partial charge on any atom is -0.454 e. The summed E-state index contributed by atoms with van der Waals surface area (Å²) in [5.74, 6) is 1.14. The van der Waals surface area contributed by atoms with Crippen molar-refractivity contribution in [2.45, 2.75) is 6.42 Å². The van der Waals surface area contributed by atoms with Crippen LogP contribution in [0.2, 0.25) is 0 Å². The Balaban J connectivity index is 1.60. The van der Waals surface area contributed by atoms with Crippen molar-refractivity contribution in [2.75, 3.05) is 18.2 Å². The fourth-order valence-corrected chi connectivity index (χ4v) is 3.54. The molecule has 1 amide bonds. The number of fused-ring (bicyclic) bond motifs is 3. The average Bonchev–Trinajstić information content (AvgIpc) is 3.14. The van der Waals surface area contributed by atoms with Crippen LogP contribution in [0.15, 0.2) is 54.6 Å². The smallest absolute Gasteiger partial charge is 0.258 e. The van der Waals surface area contributed by atoms with Crippen LogP contribution in [0.3, 0.4) is 0 Å². The van der Waals surface area contributed by atoms with Gasteiger partial charge in [-0.1, -0.05) is 24.3 Å². The van der Waals surface area contributed by atoms with Crippen LogP contribution in [-0.4, -0.2) is 25.0 Å². The van der Waals surface area contributed by atoms with Crippen LogP contribution >= 0.6 is 0 Å². The molecule has 0 saturated carbocycles. The van der Waals surface area contributed by atoms with Gasteiger partial charge in [-0.15, -0.1) is 0 Å². The summed E-state index contributed by atoms with van der Waals surface area (Å²) in [5, 5.41) is 2.00. The fraction of sp³-hybridized carbons (Fsp3) is 0.143. The van der Waals surface area contributed by atoms with E-state index >= 15 is 0 Å². The van der Waals surface area contributed by atoms with Gasteiger partial charge in [0, 0.05) is 24.1 Å². The first-order valence-electron chi connectivity index (χ1n) is 8.48. The van der Waals surface area contributed by atoms with E-state index in [1.165, 1.54) is 0 Å². The van der Waals surface area contributed by atoms with E-state index in [1.807, 2.05) is 36.4 Å². The average molecular weight is 345 g/mol. The Morgan fingerprint density at radius 1 is 0.923 bits per heavy atom. The van der Waals surface area contributed by atoms with Gasteiger partial charge in [0.05, 0.1) is 5.69 Å². The maximum atomic E-state index is 13.1. The topological polar surface area (TPSA) is 55.8 Å². The monoisotopic (exact) mass is 345 g/mol. The van der Waals surface area contributed by atoms with Crippen molar-refractivity contribution in [1.82, 2.24) is 0 Å². The van der Waals surface area contributed by atoms with Gasteiger partial charge in [-0.2, -0.15) is 0 Å². The molecule has 3 aromatic carbocycles. The van der Waals surface area contributed by atoms with E-state index in [0.717, 1.165) is 10.8 Å². The number of carbonyl (C=O) groups is 2. The van der Waals surface area contributed by atoms with Gasteiger partial charge < -0.3 is 14.4 Å². The van der Waals surface area contributed by atoms with E-state index in [2.05, 4.69) is 0 Å². The van der Waals surface area contributed by atoms with Gasteiger partial charge in [0.25, 0.3) is 5.91 Å². The maximum Gasteiger partial charge on any atom is 0.258 e. The zero-order chi connectivity index (χ0) is 17.7. The van der Waals surface area contributed by atoms with E-state index in [-0.39, 0.29) is 18.5 Å². The SMILES string of the molecule is O=C1CCN(C(=O)c2ccc3c(c2)OCO3)c2cc3ccccc3cc21. The van der Waals surface area contributed by atoms with Gasteiger partial charge in [-0.3, -0.25) is 9.59 Å². The standard InChI is InChI=1S/C21H15NO4/c23-18-7-8-22(17-10-14-4-2-1-3-13(14)9-16(17)18)21(24)15-5-6-19-20(11-15)26-12-25-19/h1-6,9-11H,7-8,12H2. The Morgan fingerprint density at radius 2 is 1.69 bits per heavy atom. The van der Waals surface area contributed by atoms with Crippen molar-refractivity contribution in [1.29, 1.82) is 0 Å². The molecule has 0 aromatic heterocycles. The van der Waals surface area contributed by atoms with Gasteiger partial charge in [-0.25, -0.2) is 0 Å². The van der Waals surface area contributed by atoms with E-state index in [9.17, 15) is 9.59 Å². The zero-order valence-corrected chi connectivity index (χ0v) is 13.9. The molecular weight excluding hydrogens is 330 g/mol. The highest BCUT2D eigenvalue weighted by Crippen LogP contribution is 2.35. The second-order valence-electron chi connectivity index (χ2n) is 6.41. The maximum absolute atomic E-state index is 13.1. The molecule has 0 N–H and O–H groups in total. The molecule has 2 heterocycles. The number of benzene rings is 3. The van der Waals surface area contributed by atoms with E-state index in [1.54, 1.807) is 23.1 Å². The van der Waals surface area contributed by atoms with Crippen LogP contribution in [0.5, 0.6) is 11.5 Å². The summed E-state index contributed by atoms with van der Waals surface area (Å²) in [7, 11) is 0. The molecule has 5 nitrogen and oxygen atoms in total. The molecule has 0 bridgehead atoms. The lowest BCUT2D eigenvalue weighted by atomic mass is 9.95. The second-order valence-corrected chi connectivity index (χ2v) is 6.41. The van der Waals surface area contributed by atoms with Gasteiger partial charge in [0.2, 0.25) is 6.79 Å². The first kappa shape index (κ1) is 15.0. The second kappa shape index (κ2) is 5.59. The summed E-state index contributed by atoms with van der Waals surface area (Å²) < 4.78 is 10.7. The molecule has 0 spiro atoms. The summed E-state index contributed by atoms with van der Waals surface area (Å²) in [5.41, 5.74) is 1.79. The molecule has 2 aliphatic rings. The quantitative estimate of drug-likeness (QED) is 0.673. The van der Waals surface area contributed by atoms with Crippen LogP contribution in [0.1, 0.15) is 27.1 Å². The lowest BCUT2D eigenvalue weighted by Gasteiger charge is -2.29. The third-order valence-electron chi connectivity index (χ3n) is 4.88. The molecule has 0 unspecified atom stereocenters. The van der Waals surface area contributed by atoms with Crippen molar-refractivity contribution >= 4 is 28.2 Å². The zero-order valence-electron chi connectivity index (χ0n) is 13.9. The Hall–Kier alpha value is -3.34. The summed E-state index contributed by atoms with van der Waals surface area (Å²) in [6, 6.07) is 16.8. The Kier molecular flexibility index (Phi) is 3.22. The first-order chi connectivity index (χ1) is 12.7. The van der Waals surface area contributed by atoms with E-state index in [0.29, 0.717) is 41.3 Å². The van der Waals surface area contributed by atoms with Crippen LogP contribution in [0.25, 0.3) is 10.8 Å². The number of ether oxygens (including phenoxy) is 2. The van der Waals surface area contributed by atoms with Crippen LogP contribution in [0.4, 0.5) is 5.69 Å². The van der Waals surface area contributed by atoms with Crippen molar-refractivity contribution in [2.24, 2.45) is 0 Å². The van der Waals surface area contributed by atoms with Gasteiger partial charge >= 0.3 is 0 Å². The highest BCUT2D eigenvalue weighted by atomic mass is 16.7. The molecule has 26 heavy (non-hydrogen) atoms.